The first-order chi connectivity index (χ1) is 6.33. The molecule has 3 heteroatoms. The zero-order valence-electron chi connectivity index (χ0n) is 7.86. The van der Waals surface area contributed by atoms with Crippen LogP contribution in [0.1, 0.15) is 13.1 Å². The Bertz CT molecular complexity index is 405. The number of aromatic nitrogens is 2. The van der Waals surface area contributed by atoms with Crippen molar-refractivity contribution in [3.8, 4) is 0 Å². The van der Waals surface area contributed by atoms with Crippen molar-refractivity contribution in [3.63, 3.8) is 0 Å². The van der Waals surface area contributed by atoms with Gasteiger partial charge >= 0.3 is 0 Å². The number of hydrogen-bond donors (Lipinski definition) is 1. The van der Waals surface area contributed by atoms with E-state index in [1.165, 1.54) is 5.52 Å². The Morgan fingerprint density at radius 2 is 2.15 bits per heavy atom. The lowest BCUT2D eigenvalue weighted by Crippen LogP contribution is -2.18. The van der Waals surface area contributed by atoms with Crippen LogP contribution in [0.4, 0.5) is 0 Å². The van der Waals surface area contributed by atoms with E-state index in [0.717, 1.165) is 5.52 Å². The van der Waals surface area contributed by atoms with Crippen molar-refractivity contribution in [1.29, 1.82) is 0 Å². The molecule has 13 heavy (non-hydrogen) atoms. The van der Waals surface area contributed by atoms with Gasteiger partial charge in [0.15, 0.2) is 0 Å². The molecule has 1 N–H and O–H groups in total. The van der Waals surface area contributed by atoms with Gasteiger partial charge in [0.25, 0.3) is 0 Å². The monoisotopic (exact) mass is 175 g/mol. The fraction of sp³-hybridized carbons (Fsp3) is 0.300. The third-order valence-electron chi connectivity index (χ3n) is 2.32. The van der Waals surface area contributed by atoms with Gasteiger partial charge in [0.05, 0.1) is 23.5 Å². The Labute approximate surface area is 77.4 Å². The van der Waals surface area contributed by atoms with Gasteiger partial charge in [-0.05, 0) is 26.1 Å². The lowest BCUT2D eigenvalue weighted by molar-refractivity contribution is 0.489. The number of nitrogens with one attached hydrogen (secondary N) is 1. The van der Waals surface area contributed by atoms with E-state index >= 15 is 0 Å². The lowest BCUT2D eigenvalue weighted by atomic mass is 10.3. The van der Waals surface area contributed by atoms with Crippen LogP contribution in [-0.2, 0) is 0 Å². The molecule has 0 spiro atoms. The minimum atomic E-state index is 0.285. The van der Waals surface area contributed by atoms with Crippen molar-refractivity contribution < 1.29 is 0 Å². The number of imidazole rings is 1. The van der Waals surface area contributed by atoms with Gasteiger partial charge in [0.2, 0.25) is 0 Å². The average Bonchev–Trinajstić information content (AvgIpc) is 2.60. The molecule has 0 aliphatic rings. The maximum absolute atomic E-state index is 4.31. The van der Waals surface area contributed by atoms with Gasteiger partial charge in [-0.1, -0.05) is 12.1 Å². The van der Waals surface area contributed by atoms with Crippen LogP contribution in [0.15, 0.2) is 30.6 Å². The summed E-state index contributed by atoms with van der Waals surface area (Å²) in [6, 6.07) is 8.14. The first-order valence-corrected chi connectivity index (χ1v) is 4.42. The summed E-state index contributed by atoms with van der Waals surface area (Å²) in [6.07, 6.45) is 2.15. The number of rotatable bonds is 2. The Morgan fingerprint density at radius 3 is 2.92 bits per heavy atom. The van der Waals surface area contributed by atoms with Gasteiger partial charge in [-0.15, -0.1) is 0 Å². The van der Waals surface area contributed by atoms with Gasteiger partial charge in [-0.3, -0.25) is 0 Å². The van der Waals surface area contributed by atoms with Gasteiger partial charge in [0.1, 0.15) is 0 Å². The second-order valence-electron chi connectivity index (χ2n) is 3.11. The van der Waals surface area contributed by atoms with Crippen LogP contribution in [0.25, 0.3) is 11.0 Å². The number of nitrogens with zero attached hydrogens (tertiary/aromatic N) is 2. The molecule has 0 amide bonds. The molecule has 1 heterocycles. The van der Waals surface area contributed by atoms with Crippen LogP contribution >= 0.6 is 0 Å². The Kier molecular flexibility index (Phi) is 2.02. The molecular weight excluding hydrogens is 162 g/mol. The van der Waals surface area contributed by atoms with E-state index in [4.69, 9.17) is 0 Å². The summed E-state index contributed by atoms with van der Waals surface area (Å²) in [5.74, 6) is 0. The molecule has 1 unspecified atom stereocenters. The van der Waals surface area contributed by atoms with Gasteiger partial charge < -0.3 is 9.88 Å². The molecule has 0 aliphatic carbocycles. The zero-order chi connectivity index (χ0) is 9.26. The van der Waals surface area contributed by atoms with E-state index < -0.39 is 0 Å². The topological polar surface area (TPSA) is 29.9 Å². The van der Waals surface area contributed by atoms with Crippen molar-refractivity contribution in [2.24, 2.45) is 0 Å². The summed E-state index contributed by atoms with van der Waals surface area (Å²) in [7, 11) is 1.94. The largest absolute Gasteiger partial charge is 0.315 e. The van der Waals surface area contributed by atoms with Crippen LogP contribution in [0, 0.1) is 0 Å². The maximum atomic E-state index is 4.31. The van der Waals surface area contributed by atoms with Crippen LogP contribution in [-0.4, -0.2) is 16.6 Å². The van der Waals surface area contributed by atoms with Crippen LogP contribution in [0.5, 0.6) is 0 Å². The average molecular weight is 175 g/mol. The molecule has 0 saturated heterocycles. The summed E-state index contributed by atoms with van der Waals surface area (Å²) < 4.78 is 2.12. The Balaban J connectivity index is 2.57. The van der Waals surface area contributed by atoms with E-state index in [1.807, 2.05) is 31.6 Å². The van der Waals surface area contributed by atoms with E-state index in [9.17, 15) is 0 Å². The van der Waals surface area contributed by atoms with Crippen molar-refractivity contribution in [3.05, 3.63) is 30.6 Å². The molecule has 68 valence electrons. The number of hydrogen-bond acceptors (Lipinski definition) is 2. The van der Waals surface area contributed by atoms with Crippen molar-refractivity contribution in [1.82, 2.24) is 14.9 Å². The van der Waals surface area contributed by atoms with Crippen LogP contribution in [0.2, 0.25) is 0 Å². The molecule has 0 bridgehead atoms. The molecule has 1 aromatic heterocycles. The Morgan fingerprint density at radius 1 is 1.38 bits per heavy atom. The molecule has 1 aromatic carbocycles. The summed E-state index contributed by atoms with van der Waals surface area (Å²) in [6.45, 7) is 2.11. The second-order valence-corrected chi connectivity index (χ2v) is 3.11. The fourth-order valence-corrected chi connectivity index (χ4v) is 1.43. The molecule has 0 aliphatic heterocycles. The first-order valence-electron chi connectivity index (χ1n) is 4.42. The number of benzene rings is 1. The zero-order valence-corrected chi connectivity index (χ0v) is 7.86. The molecular formula is C10H13N3. The van der Waals surface area contributed by atoms with Crippen LogP contribution in [0.3, 0.4) is 0 Å². The van der Waals surface area contributed by atoms with Crippen molar-refractivity contribution >= 4 is 11.0 Å². The van der Waals surface area contributed by atoms with Gasteiger partial charge in [0, 0.05) is 0 Å². The second kappa shape index (κ2) is 3.18. The van der Waals surface area contributed by atoms with Crippen molar-refractivity contribution in [2.75, 3.05) is 7.05 Å². The normalized spacial score (nSPS) is 13.4. The SMILES string of the molecule is CNC(C)n1cnc2ccccc21. The Hall–Kier alpha value is -1.35. The summed E-state index contributed by atoms with van der Waals surface area (Å²) in [5, 5.41) is 3.18. The number of para-hydroxylation sites is 2. The fourth-order valence-electron chi connectivity index (χ4n) is 1.43. The van der Waals surface area contributed by atoms with E-state index in [0.29, 0.717) is 0 Å². The summed E-state index contributed by atoms with van der Waals surface area (Å²) in [4.78, 5) is 4.31. The van der Waals surface area contributed by atoms with Gasteiger partial charge in [-0.2, -0.15) is 0 Å². The van der Waals surface area contributed by atoms with Crippen LogP contribution < -0.4 is 5.32 Å². The molecule has 0 radical (unpaired) electrons. The molecule has 2 aromatic rings. The van der Waals surface area contributed by atoms with Gasteiger partial charge in [-0.25, -0.2) is 4.98 Å². The molecule has 1 atom stereocenters. The standard InChI is InChI=1S/C10H13N3/c1-8(11-2)13-7-12-9-5-3-4-6-10(9)13/h3-8,11H,1-2H3. The first kappa shape index (κ1) is 8.26. The minimum Gasteiger partial charge on any atom is -0.315 e. The molecule has 0 saturated carbocycles. The molecule has 3 nitrogen and oxygen atoms in total. The lowest BCUT2D eigenvalue weighted by Gasteiger charge is -2.12. The highest BCUT2D eigenvalue weighted by atomic mass is 15.2. The highest BCUT2D eigenvalue weighted by molar-refractivity contribution is 5.75. The summed E-state index contributed by atoms with van der Waals surface area (Å²) >= 11 is 0. The third kappa shape index (κ3) is 1.31. The number of fused-ring (bicyclic) bond motifs is 1. The molecule has 0 fully saturated rings. The van der Waals surface area contributed by atoms with Crippen molar-refractivity contribution in [2.45, 2.75) is 13.1 Å². The predicted octanol–water partition coefficient (Wildman–Crippen LogP) is 1.77. The highest BCUT2D eigenvalue weighted by Gasteiger charge is 2.05. The smallest absolute Gasteiger partial charge is 0.0971 e. The maximum Gasteiger partial charge on any atom is 0.0971 e. The van der Waals surface area contributed by atoms with E-state index in [1.54, 1.807) is 0 Å². The molecule has 2 rings (SSSR count). The van der Waals surface area contributed by atoms with E-state index in [-0.39, 0.29) is 6.17 Å². The van der Waals surface area contributed by atoms with E-state index in [2.05, 4.69) is 27.9 Å². The predicted molar refractivity (Wildman–Crippen MR) is 53.5 cm³/mol. The third-order valence-corrected chi connectivity index (χ3v) is 2.32. The minimum absolute atomic E-state index is 0.285. The quantitative estimate of drug-likeness (QED) is 0.754. The highest BCUT2D eigenvalue weighted by Crippen LogP contribution is 2.14. The summed E-state index contributed by atoms with van der Waals surface area (Å²) in [5.41, 5.74) is 2.22.